The summed E-state index contributed by atoms with van der Waals surface area (Å²) in [5.74, 6) is 2.31. The molecule has 0 bridgehead atoms. The number of carbonyl (C=O) groups is 1. The fraction of sp³-hybridized carbons (Fsp3) is 0.810. The van der Waals surface area contributed by atoms with Gasteiger partial charge in [-0.3, -0.25) is 4.79 Å². The maximum absolute atomic E-state index is 12.0. The third-order valence-corrected chi connectivity index (χ3v) is 8.57. The Hall–Kier alpha value is -0.960. The van der Waals surface area contributed by atoms with Crippen molar-refractivity contribution in [2.45, 2.75) is 65.4 Å². The highest BCUT2D eigenvalue weighted by molar-refractivity contribution is 6.40. The summed E-state index contributed by atoms with van der Waals surface area (Å²) in [6.07, 6.45) is 10.6. The minimum Gasteiger partial charge on any atom is -0.393 e. The smallest absolute Gasteiger partial charge is 0.176 e. The molecule has 0 heterocycles. The molecule has 4 aliphatic carbocycles. The van der Waals surface area contributed by atoms with Gasteiger partial charge in [-0.2, -0.15) is 0 Å². The van der Waals surface area contributed by atoms with Crippen molar-refractivity contribution in [3.05, 3.63) is 12.2 Å². The van der Waals surface area contributed by atoms with Crippen molar-refractivity contribution < 1.29 is 9.90 Å². The van der Waals surface area contributed by atoms with Crippen molar-refractivity contribution in [3.8, 4) is 0 Å². The normalized spacial score (nSPS) is 51.8. The van der Waals surface area contributed by atoms with Crippen LogP contribution in [0.2, 0.25) is 0 Å². The molecule has 0 saturated heterocycles. The van der Waals surface area contributed by atoms with Crippen molar-refractivity contribution in [2.24, 2.45) is 40.4 Å². The van der Waals surface area contributed by atoms with Crippen LogP contribution in [0.25, 0.3) is 0 Å². The first kappa shape index (κ1) is 16.5. The molecule has 0 aromatic carbocycles. The lowest BCUT2D eigenvalue weighted by Crippen LogP contribution is -2.54. The monoisotopic (exact) mass is 329 g/mol. The SMILES string of the molecule is C[C@@H](O)[C@H]1CC[C@H]2[C@@H]3C=CC4C(=N)C(=O)CC[C@]4(C)[C@H]3CC[C@]12C. The van der Waals surface area contributed by atoms with Gasteiger partial charge in [-0.1, -0.05) is 26.0 Å². The van der Waals surface area contributed by atoms with Gasteiger partial charge in [0.05, 0.1) is 11.8 Å². The van der Waals surface area contributed by atoms with Gasteiger partial charge in [0.25, 0.3) is 0 Å². The third-order valence-electron chi connectivity index (χ3n) is 8.57. The second-order valence-corrected chi connectivity index (χ2v) is 9.46. The summed E-state index contributed by atoms with van der Waals surface area (Å²) < 4.78 is 0. The Kier molecular flexibility index (Phi) is 3.62. The molecule has 0 spiro atoms. The summed E-state index contributed by atoms with van der Waals surface area (Å²) in [5.41, 5.74) is 0.676. The third kappa shape index (κ3) is 2.00. The van der Waals surface area contributed by atoms with Crippen LogP contribution in [0.1, 0.15) is 59.3 Å². The van der Waals surface area contributed by atoms with Crippen LogP contribution in [-0.4, -0.2) is 22.7 Å². The summed E-state index contributed by atoms with van der Waals surface area (Å²) in [5, 5.41) is 18.6. The summed E-state index contributed by atoms with van der Waals surface area (Å²) in [4.78, 5) is 12.0. The van der Waals surface area contributed by atoms with Crippen LogP contribution in [0, 0.1) is 45.8 Å². The molecule has 0 aromatic rings. The van der Waals surface area contributed by atoms with Gasteiger partial charge in [-0.05, 0) is 73.5 Å². The number of Topliss-reactive ketones (excluding diaryl/α,β-unsaturated/α-hetero) is 1. The van der Waals surface area contributed by atoms with E-state index in [1.165, 1.54) is 19.3 Å². The van der Waals surface area contributed by atoms with Gasteiger partial charge in [0, 0.05) is 12.3 Å². The molecule has 2 N–H and O–H groups in total. The lowest BCUT2D eigenvalue weighted by Gasteiger charge is -2.58. The number of ketones is 1. The average Bonchev–Trinajstić information content (AvgIpc) is 2.89. The van der Waals surface area contributed by atoms with Crippen LogP contribution < -0.4 is 0 Å². The predicted molar refractivity (Wildman–Crippen MR) is 94.9 cm³/mol. The first-order valence-electron chi connectivity index (χ1n) is 9.77. The molecule has 8 atom stereocenters. The summed E-state index contributed by atoms with van der Waals surface area (Å²) >= 11 is 0. The molecule has 3 heteroatoms. The highest BCUT2D eigenvalue weighted by atomic mass is 16.3. The standard InChI is InChI=1S/C21H31NO2/c1-12(23)14-6-7-15-13-4-5-17-19(22)18(24)9-11-21(17,3)16(13)8-10-20(14,15)2/h4-5,12-17,22-23H,6-11H2,1-3H3/t12-,13+,14-,15+,16+,17?,20-,21-/m1/s1. The molecule has 0 amide bonds. The van der Waals surface area contributed by atoms with Gasteiger partial charge < -0.3 is 10.5 Å². The van der Waals surface area contributed by atoms with E-state index < -0.39 is 0 Å². The number of aliphatic hydroxyl groups is 1. The van der Waals surface area contributed by atoms with Crippen LogP contribution in [0.3, 0.4) is 0 Å². The van der Waals surface area contributed by atoms with Gasteiger partial charge in [-0.25, -0.2) is 0 Å². The lowest BCUT2D eigenvalue weighted by molar-refractivity contribution is -0.117. The first-order valence-corrected chi connectivity index (χ1v) is 9.77. The van der Waals surface area contributed by atoms with Crippen molar-refractivity contribution in [1.82, 2.24) is 0 Å². The molecule has 0 radical (unpaired) electrons. The van der Waals surface area contributed by atoms with E-state index in [9.17, 15) is 9.90 Å². The maximum Gasteiger partial charge on any atom is 0.176 e. The fourth-order valence-corrected chi connectivity index (χ4v) is 7.21. The van der Waals surface area contributed by atoms with E-state index in [-0.39, 0.29) is 28.6 Å². The number of hydrogen-bond donors (Lipinski definition) is 2. The number of nitrogens with one attached hydrogen (secondary N) is 1. The second-order valence-electron chi connectivity index (χ2n) is 9.46. The Balaban J connectivity index is 1.70. The van der Waals surface area contributed by atoms with Gasteiger partial charge in [0.2, 0.25) is 0 Å². The predicted octanol–water partition coefficient (Wildman–Crippen LogP) is 4.00. The fourth-order valence-electron chi connectivity index (χ4n) is 7.21. The Morgan fingerprint density at radius 1 is 1.12 bits per heavy atom. The summed E-state index contributed by atoms with van der Waals surface area (Å²) in [6.45, 7) is 6.71. The molecule has 3 saturated carbocycles. The van der Waals surface area contributed by atoms with E-state index in [1.807, 2.05) is 6.92 Å². The van der Waals surface area contributed by atoms with Crippen molar-refractivity contribution in [3.63, 3.8) is 0 Å². The molecule has 4 rings (SSSR count). The van der Waals surface area contributed by atoms with Crippen LogP contribution in [0.4, 0.5) is 0 Å². The average molecular weight is 329 g/mol. The molecule has 4 aliphatic rings. The van der Waals surface area contributed by atoms with Gasteiger partial charge in [0.15, 0.2) is 5.78 Å². The minimum atomic E-state index is -0.215. The van der Waals surface area contributed by atoms with E-state index in [2.05, 4.69) is 26.0 Å². The Bertz CT molecular complexity index is 609. The Labute approximate surface area is 145 Å². The van der Waals surface area contributed by atoms with Crippen LogP contribution in [0.5, 0.6) is 0 Å². The number of aliphatic hydroxyl groups excluding tert-OH is 1. The molecule has 24 heavy (non-hydrogen) atoms. The summed E-state index contributed by atoms with van der Waals surface area (Å²) in [7, 11) is 0. The second kappa shape index (κ2) is 5.27. The molecule has 3 nitrogen and oxygen atoms in total. The van der Waals surface area contributed by atoms with E-state index >= 15 is 0 Å². The van der Waals surface area contributed by atoms with Crippen LogP contribution >= 0.6 is 0 Å². The molecule has 3 fully saturated rings. The molecular formula is C21H31NO2. The Morgan fingerprint density at radius 3 is 2.54 bits per heavy atom. The summed E-state index contributed by atoms with van der Waals surface area (Å²) in [6, 6.07) is 0. The highest BCUT2D eigenvalue weighted by Crippen LogP contribution is 2.65. The molecule has 1 unspecified atom stereocenters. The van der Waals surface area contributed by atoms with Gasteiger partial charge in [-0.15, -0.1) is 0 Å². The maximum atomic E-state index is 12.0. The van der Waals surface area contributed by atoms with Crippen LogP contribution in [-0.2, 0) is 4.79 Å². The number of fused-ring (bicyclic) bond motifs is 5. The van der Waals surface area contributed by atoms with Crippen molar-refractivity contribution in [2.75, 3.05) is 0 Å². The molecule has 132 valence electrons. The number of carbonyl (C=O) groups excluding carboxylic acids is 1. The highest BCUT2D eigenvalue weighted by Gasteiger charge is 2.60. The first-order chi connectivity index (χ1) is 11.3. The van der Waals surface area contributed by atoms with E-state index in [4.69, 9.17) is 5.41 Å². The molecule has 0 aromatic heterocycles. The van der Waals surface area contributed by atoms with Crippen molar-refractivity contribution in [1.29, 1.82) is 5.41 Å². The topological polar surface area (TPSA) is 61.1 Å². The zero-order chi connectivity index (χ0) is 17.3. The quantitative estimate of drug-likeness (QED) is 0.714. The van der Waals surface area contributed by atoms with Crippen molar-refractivity contribution >= 4 is 11.5 Å². The number of allylic oxidation sites excluding steroid dienone is 2. The zero-order valence-electron chi connectivity index (χ0n) is 15.2. The number of hydrogen-bond acceptors (Lipinski definition) is 3. The lowest BCUT2D eigenvalue weighted by atomic mass is 9.46. The Morgan fingerprint density at radius 2 is 1.83 bits per heavy atom. The van der Waals surface area contributed by atoms with E-state index in [0.29, 0.717) is 35.8 Å². The molecular weight excluding hydrogens is 298 g/mol. The van der Waals surface area contributed by atoms with Crippen LogP contribution in [0.15, 0.2) is 12.2 Å². The minimum absolute atomic E-state index is 0.0262. The van der Waals surface area contributed by atoms with Gasteiger partial charge >= 0.3 is 0 Å². The zero-order valence-corrected chi connectivity index (χ0v) is 15.2. The largest absolute Gasteiger partial charge is 0.393 e. The number of rotatable bonds is 1. The van der Waals surface area contributed by atoms with Gasteiger partial charge in [0.1, 0.15) is 0 Å². The van der Waals surface area contributed by atoms with E-state index in [0.717, 1.165) is 12.8 Å². The van der Waals surface area contributed by atoms with E-state index in [1.54, 1.807) is 0 Å². The molecule has 0 aliphatic heterocycles.